The summed E-state index contributed by atoms with van der Waals surface area (Å²) in [5.74, 6) is 0.167. The number of hydrogen-bond acceptors (Lipinski definition) is 2. The van der Waals surface area contributed by atoms with Crippen LogP contribution in [0.15, 0.2) is 22.7 Å². The third-order valence-corrected chi connectivity index (χ3v) is 2.05. The van der Waals surface area contributed by atoms with Crippen LogP contribution in [-0.2, 0) is 0 Å². The Morgan fingerprint density at radius 3 is 2.92 bits per heavy atom. The van der Waals surface area contributed by atoms with Gasteiger partial charge in [0.25, 0.3) is 0 Å². The molecular formula is C9H11BrFNO. The minimum Gasteiger partial charge on any atom is -0.491 e. The Balaban J connectivity index is 2.70. The lowest BCUT2D eigenvalue weighted by Crippen LogP contribution is -2.23. The van der Waals surface area contributed by atoms with E-state index in [-0.39, 0.29) is 11.9 Å². The maximum Gasteiger partial charge on any atom is 0.136 e. The maximum absolute atomic E-state index is 12.7. The summed E-state index contributed by atoms with van der Waals surface area (Å²) >= 11 is 3.25. The van der Waals surface area contributed by atoms with Crippen molar-refractivity contribution in [1.82, 2.24) is 0 Å². The van der Waals surface area contributed by atoms with E-state index in [1.54, 1.807) is 6.07 Å². The highest BCUT2D eigenvalue weighted by Gasteiger charge is 2.03. The van der Waals surface area contributed by atoms with Crippen LogP contribution in [0.1, 0.15) is 6.92 Å². The van der Waals surface area contributed by atoms with E-state index in [1.165, 1.54) is 12.1 Å². The summed E-state index contributed by atoms with van der Waals surface area (Å²) < 4.78 is 18.7. The van der Waals surface area contributed by atoms with Crippen LogP contribution in [0.4, 0.5) is 4.39 Å². The van der Waals surface area contributed by atoms with Crippen LogP contribution in [0.5, 0.6) is 5.75 Å². The third-order valence-electron chi connectivity index (χ3n) is 1.39. The summed E-state index contributed by atoms with van der Waals surface area (Å²) in [6, 6.07) is 4.23. The summed E-state index contributed by atoms with van der Waals surface area (Å²) in [5.41, 5.74) is 5.49. The Labute approximate surface area is 85.0 Å². The Bertz CT molecular complexity index is 291. The van der Waals surface area contributed by atoms with Crippen LogP contribution in [-0.4, -0.2) is 12.6 Å². The van der Waals surface area contributed by atoms with Crippen molar-refractivity contribution < 1.29 is 9.13 Å². The van der Waals surface area contributed by atoms with Crippen LogP contribution >= 0.6 is 15.9 Å². The molecule has 0 heterocycles. The van der Waals surface area contributed by atoms with Crippen LogP contribution in [0, 0.1) is 5.82 Å². The fourth-order valence-corrected chi connectivity index (χ4v) is 1.17. The van der Waals surface area contributed by atoms with E-state index in [1.807, 2.05) is 6.92 Å². The molecule has 0 bridgehead atoms. The first-order chi connectivity index (χ1) is 6.09. The van der Waals surface area contributed by atoms with Crippen molar-refractivity contribution in [3.63, 3.8) is 0 Å². The highest BCUT2D eigenvalue weighted by atomic mass is 79.9. The summed E-state index contributed by atoms with van der Waals surface area (Å²) in [6.07, 6.45) is 0. The third kappa shape index (κ3) is 3.32. The molecule has 0 unspecified atom stereocenters. The molecule has 2 N–H and O–H groups in total. The first kappa shape index (κ1) is 10.5. The van der Waals surface area contributed by atoms with E-state index < -0.39 is 0 Å². The Hall–Kier alpha value is -0.610. The first-order valence-electron chi connectivity index (χ1n) is 3.93. The SMILES string of the molecule is C[C@H](N)COc1cc(F)ccc1Br. The number of ether oxygens (including phenoxy) is 1. The zero-order valence-corrected chi connectivity index (χ0v) is 8.84. The zero-order chi connectivity index (χ0) is 9.84. The van der Waals surface area contributed by atoms with Gasteiger partial charge in [-0.2, -0.15) is 0 Å². The van der Waals surface area contributed by atoms with Gasteiger partial charge in [0.15, 0.2) is 0 Å². The topological polar surface area (TPSA) is 35.2 Å². The first-order valence-corrected chi connectivity index (χ1v) is 4.72. The van der Waals surface area contributed by atoms with E-state index in [4.69, 9.17) is 10.5 Å². The van der Waals surface area contributed by atoms with Gasteiger partial charge >= 0.3 is 0 Å². The predicted molar refractivity (Wildman–Crippen MR) is 53.2 cm³/mol. The highest BCUT2D eigenvalue weighted by molar-refractivity contribution is 9.10. The van der Waals surface area contributed by atoms with Crippen molar-refractivity contribution in [3.8, 4) is 5.75 Å². The molecule has 4 heteroatoms. The average molecular weight is 248 g/mol. The normalized spacial score (nSPS) is 12.6. The molecule has 0 spiro atoms. The van der Waals surface area contributed by atoms with Crippen molar-refractivity contribution in [2.45, 2.75) is 13.0 Å². The molecule has 1 aromatic carbocycles. The molecule has 1 rings (SSSR count). The molecule has 0 saturated carbocycles. The lowest BCUT2D eigenvalue weighted by atomic mass is 10.3. The lowest BCUT2D eigenvalue weighted by molar-refractivity contribution is 0.293. The largest absolute Gasteiger partial charge is 0.491 e. The fourth-order valence-electron chi connectivity index (χ4n) is 0.809. The second-order valence-electron chi connectivity index (χ2n) is 2.86. The minimum absolute atomic E-state index is 0.0600. The van der Waals surface area contributed by atoms with Gasteiger partial charge in [0.1, 0.15) is 18.2 Å². The molecule has 0 fully saturated rings. The lowest BCUT2D eigenvalue weighted by Gasteiger charge is -2.09. The number of hydrogen-bond donors (Lipinski definition) is 1. The standard InChI is InChI=1S/C9H11BrFNO/c1-6(12)5-13-9-4-7(11)2-3-8(9)10/h2-4,6H,5,12H2,1H3/t6-/m0/s1. The van der Waals surface area contributed by atoms with Gasteiger partial charge < -0.3 is 10.5 Å². The summed E-state index contributed by atoms with van der Waals surface area (Å²) in [6.45, 7) is 2.20. The monoisotopic (exact) mass is 247 g/mol. The van der Waals surface area contributed by atoms with Crippen molar-refractivity contribution in [1.29, 1.82) is 0 Å². The van der Waals surface area contributed by atoms with E-state index in [9.17, 15) is 4.39 Å². The second-order valence-corrected chi connectivity index (χ2v) is 3.72. The zero-order valence-electron chi connectivity index (χ0n) is 7.26. The summed E-state index contributed by atoms with van der Waals surface area (Å²) in [7, 11) is 0. The Morgan fingerprint density at radius 2 is 2.31 bits per heavy atom. The van der Waals surface area contributed by atoms with Crippen LogP contribution in [0.3, 0.4) is 0 Å². The van der Waals surface area contributed by atoms with Gasteiger partial charge in [0.05, 0.1) is 4.47 Å². The van der Waals surface area contributed by atoms with Gasteiger partial charge in [0, 0.05) is 12.1 Å². The average Bonchev–Trinajstić information content (AvgIpc) is 2.06. The highest BCUT2D eigenvalue weighted by Crippen LogP contribution is 2.25. The Morgan fingerprint density at radius 1 is 1.62 bits per heavy atom. The molecule has 1 atom stereocenters. The summed E-state index contributed by atoms with van der Waals surface area (Å²) in [4.78, 5) is 0. The molecule has 0 aliphatic carbocycles. The molecule has 13 heavy (non-hydrogen) atoms. The smallest absolute Gasteiger partial charge is 0.136 e. The molecule has 2 nitrogen and oxygen atoms in total. The van der Waals surface area contributed by atoms with Crippen molar-refractivity contribution in [3.05, 3.63) is 28.5 Å². The molecule has 0 saturated heterocycles. The van der Waals surface area contributed by atoms with E-state index in [0.29, 0.717) is 12.4 Å². The number of benzene rings is 1. The quantitative estimate of drug-likeness (QED) is 0.890. The number of nitrogens with two attached hydrogens (primary N) is 1. The van der Waals surface area contributed by atoms with E-state index >= 15 is 0 Å². The van der Waals surface area contributed by atoms with E-state index in [0.717, 1.165) is 4.47 Å². The molecule has 0 aromatic heterocycles. The number of halogens is 2. The van der Waals surface area contributed by atoms with Gasteiger partial charge in [-0.3, -0.25) is 0 Å². The molecule has 0 radical (unpaired) electrons. The molecule has 0 aliphatic heterocycles. The molecule has 72 valence electrons. The minimum atomic E-state index is -0.317. The molecule has 1 aromatic rings. The van der Waals surface area contributed by atoms with Crippen LogP contribution in [0.25, 0.3) is 0 Å². The Kier molecular flexibility index (Phi) is 3.69. The molecular weight excluding hydrogens is 237 g/mol. The van der Waals surface area contributed by atoms with Crippen molar-refractivity contribution >= 4 is 15.9 Å². The van der Waals surface area contributed by atoms with Gasteiger partial charge in [-0.1, -0.05) is 0 Å². The van der Waals surface area contributed by atoms with Crippen LogP contribution < -0.4 is 10.5 Å². The van der Waals surface area contributed by atoms with Gasteiger partial charge in [-0.15, -0.1) is 0 Å². The van der Waals surface area contributed by atoms with Gasteiger partial charge in [-0.25, -0.2) is 4.39 Å². The van der Waals surface area contributed by atoms with E-state index in [2.05, 4.69) is 15.9 Å². The fraction of sp³-hybridized carbons (Fsp3) is 0.333. The summed E-state index contributed by atoms with van der Waals surface area (Å²) in [5, 5.41) is 0. The van der Waals surface area contributed by atoms with Crippen LogP contribution in [0.2, 0.25) is 0 Å². The molecule has 0 aliphatic rings. The molecule has 0 amide bonds. The van der Waals surface area contributed by atoms with Crippen molar-refractivity contribution in [2.75, 3.05) is 6.61 Å². The van der Waals surface area contributed by atoms with Crippen molar-refractivity contribution in [2.24, 2.45) is 5.73 Å². The van der Waals surface area contributed by atoms with Gasteiger partial charge in [-0.05, 0) is 35.0 Å². The number of rotatable bonds is 3. The maximum atomic E-state index is 12.7. The second kappa shape index (κ2) is 4.58. The van der Waals surface area contributed by atoms with Gasteiger partial charge in [0.2, 0.25) is 0 Å². The predicted octanol–water partition coefficient (Wildman–Crippen LogP) is 2.31.